The molecular weight excluding hydrogens is 298 g/mol. The normalized spacial score (nSPS) is 10.7. The van der Waals surface area contributed by atoms with Crippen LogP contribution in [0.2, 0.25) is 0 Å². The molecule has 24 heavy (non-hydrogen) atoms. The van der Waals surface area contributed by atoms with Gasteiger partial charge in [0, 0.05) is 5.69 Å². The Morgan fingerprint density at radius 1 is 0.625 bits per heavy atom. The lowest BCUT2D eigenvalue weighted by Gasteiger charge is -2.08. The monoisotopic (exact) mass is 321 g/mol. The lowest BCUT2D eigenvalue weighted by atomic mass is 10.1. The highest BCUT2D eigenvalue weighted by atomic mass is 16.5. The summed E-state index contributed by atoms with van der Waals surface area (Å²) in [6, 6.07) is 22.1. The van der Waals surface area contributed by atoms with Crippen molar-refractivity contribution < 1.29 is 9.47 Å². The molecule has 0 unspecified atom stereocenters. The molecule has 3 aromatic carbocycles. The van der Waals surface area contributed by atoms with Crippen LogP contribution in [-0.4, -0.2) is 13.2 Å². The average molecular weight is 321 g/mol. The van der Waals surface area contributed by atoms with Crippen LogP contribution in [0.25, 0.3) is 10.8 Å². The van der Waals surface area contributed by atoms with E-state index in [1.807, 2.05) is 36.4 Å². The van der Waals surface area contributed by atoms with Gasteiger partial charge in [0.05, 0.1) is 13.2 Å². The van der Waals surface area contributed by atoms with E-state index in [1.165, 1.54) is 10.8 Å². The first kappa shape index (κ1) is 16.2. The fraction of sp³-hybridized carbons (Fsp3) is 0.238. The quantitative estimate of drug-likeness (QED) is 0.466. The second kappa shape index (κ2) is 8.25. The van der Waals surface area contributed by atoms with Crippen molar-refractivity contribution in [3.8, 4) is 11.5 Å². The molecule has 3 heteroatoms. The average Bonchev–Trinajstić information content (AvgIpc) is 2.62. The first-order valence-electron chi connectivity index (χ1n) is 8.41. The zero-order valence-corrected chi connectivity index (χ0v) is 13.8. The SMILES string of the molecule is Nc1ccc(OCCCCCOc2ccc3ccccc3c2)cc1. The molecule has 0 radical (unpaired) electrons. The maximum absolute atomic E-state index is 5.84. The molecular formula is C21H23NO2. The summed E-state index contributed by atoms with van der Waals surface area (Å²) in [5, 5.41) is 2.46. The molecule has 0 bridgehead atoms. The second-order valence-electron chi connectivity index (χ2n) is 5.84. The second-order valence-corrected chi connectivity index (χ2v) is 5.84. The van der Waals surface area contributed by atoms with E-state index in [9.17, 15) is 0 Å². The summed E-state index contributed by atoms with van der Waals surface area (Å²) in [6.07, 6.45) is 3.13. The number of ether oxygens (including phenoxy) is 2. The summed E-state index contributed by atoms with van der Waals surface area (Å²) in [5.74, 6) is 1.81. The van der Waals surface area contributed by atoms with Crippen LogP contribution in [0.15, 0.2) is 66.7 Å². The maximum atomic E-state index is 5.84. The van der Waals surface area contributed by atoms with Gasteiger partial charge in [-0.3, -0.25) is 0 Å². The molecule has 124 valence electrons. The van der Waals surface area contributed by atoms with Crippen LogP contribution in [0.4, 0.5) is 5.69 Å². The Bertz CT molecular complexity index is 768. The Hall–Kier alpha value is -2.68. The van der Waals surface area contributed by atoms with Gasteiger partial charge in [-0.2, -0.15) is 0 Å². The van der Waals surface area contributed by atoms with E-state index in [0.29, 0.717) is 0 Å². The molecule has 0 aliphatic heterocycles. The van der Waals surface area contributed by atoms with E-state index in [1.54, 1.807) is 0 Å². The smallest absolute Gasteiger partial charge is 0.119 e. The van der Waals surface area contributed by atoms with Crippen LogP contribution in [0.5, 0.6) is 11.5 Å². The van der Waals surface area contributed by atoms with Gasteiger partial charge in [0.2, 0.25) is 0 Å². The molecule has 3 nitrogen and oxygen atoms in total. The summed E-state index contributed by atoms with van der Waals surface area (Å²) in [5.41, 5.74) is 6.40. The lowest BCUT2D eigenvalue weighted by molar-refractivity contribution is 0.279. The Morgan fingerprint density at radius 3 is 2.00 bits per heavy atom. The minimum atomic E-state index is 0.722. The van der Waals surface area contributed by atoms with Gasteiger partial charge in [0.25, 0.3) is 0 Å². The van der Waals surface area contributed by atoms with Gasteiger partial charge in [-0.25, -0.2) is 0 Å². The van der Waals surface area contributed by atoms with Crippen LogP contribution in [0.3, 0.4) is 0 Å². The fourth-order valence-electron chi connectivity index (χ4n) is 2.58. The van der Waals surface area contributed by atoms with E-state index < -0.39 is 0 Å². The number of hydrogen-bond acceptors (Lipinski definition) is 3. The van der Waals surface area contributed by atoms with Crippen molar-refractivity contribution in [1.82, 2.24) is 0 Å². The molecule has 0 saturated carbocycles. The minimum absolute atomic E-state index is 0.722. The van der Waals surface area contributed by atoms with Crippen molar-refractivity contribution in [2.24, 2.45) is 0 Å². The number of nitrogens with two attached hydrogens (primary N) is 1. The zero-order chi connectivity index (χ0) is 16.6. The van der Waals surface area contributed by atoms with Gasteiger partial charge in [-0.1, -0.05) is 30.3 Å². The molecule has 0 aliphatic carbocycles. The van der Waals surface area contributed by atoms with Gasteiger partial charge < -0.3 is 15.2 Å². The number of hydrogen-bond donors (Lipinski definition) is 1. The highest BCUT2D eigenvalue weighted by Crippen LogP contribution is 2.20. The van der Waals surface area contributed by atoms with E-state index in [4.69, 9.17) is 15.2 Å². The van der Waals surface area contributed by atoms with E-state index >= 15 is 0 Å². The Kier molecular flexibility index (Phi) is 5.56. The molecule has 2 N–H and O–H groups in total. The van der Waals surface area contributed by atoms with Crippen LogP contribution in [0.1, 0.15) is 19.3 Å². The van der Waals surface area contributed by atoms with Gasteiger partial charge in [-0.15, -0.1) is 0 Å². The predicted octanol–water partition coefficient (Wildman–Crippen LogP) is 5.05. The number of rotatable bonds is 8. The van der Waals surface area contributed by atoms with E-state index in [-0.39, 0.29) is 0 Å². The van der Waals surface area contributed by atoms with Crippen molar-refractivity contribution in [2.75, 3.05) is 18.9 Å². The van der Waals surface area contributed by atoms with Gasteiger partial charge in [0.1, 0.15) is 11.5 Å². The molecule has 0 fully saturated rings. The molecule has 3 aromatic rings. The third-order valence-corrected chi connectivity index (χ3v) is 3.93. The van der Waals surface area contributed by atoms with E-state index in [2.05, 4.69) is 30.3 Å². The molecule has 0 heterocycles. The van der Waals surface area contributed by atoms with Crippen LogP contribution >= 0.6 is 0 Å². The fourth-order valence-corrected chi connectivity index (χ4v) is 2.58. The summed E-state index contributed by atoms with van der Waals surface area (Å²) in [6.45, 7) is 1.46. The standard InChI is InChI=1S/C21H23NO2/c22-19-9-12-20(13-10-19)23-14-4-1-5-15-24-21-11-8-17-6-2-3-7-18(17)16-21/h2-3,6-13,16H,1,4-5,14-15,22H2. The summed E-state index contributed by atoms with van der Waals surface area (Å²) >= 11 is 0. The van der Waals surface area contributed by atoms with Crippen molar-refractivity contribution in [3.05, 3.63) is 66.7 Å². The molecule has 0 spiro atoms. The van der Waals surface area contributed by atoms with Crippen molar-refractivity contribution in [3.63, 3.8) is 0 Å². The van der Waals surface area contributed by atoms with Gasteiger partial charge in [0.15, 0.2) is 0 Å². The number of fused-ring (bicyclic) bond motifs is 1. The summed E-state index contributed by atoms with van der Waals surface area (Å²) in [7, 11) is 0. The molecule has 0 aromatic heterocycles. The van der Waals surface area contributed by atoms with Crippen LogP contribution in [0, 0.1) is 0 Å². The molecule has 3 rings (SSSR count). The Balaban J connectivity index is 1.32. The number of benzene rings is 3. The Morgan fingerprint density at radius 2 is 1.25 bits per heavy atom. The van der Waals surface area contributed by atoms with Crippen molar-refractivity contribution >= 4 is 16.5 Å². The summed E-state index contributed by atoms with van der Waals surface area (Å²) in [4.78, 5) is 0. The minimum Gasteiger partial charge on any atom is -0.494 e. The number of unbranched alkanes of at least 4 members (excludes halogenated alkanes) is 2. The number of anilines is 1. The molecule has 0 aliphatic rings. The number of nitrogen functional groups attached to an aromatic ring is 1. The van der Waals surface area contributed by atoms with Gasteiger partial charge in [-0.05, 0) is 66.4 Å². The largest absolute Gasteiger partial charge is 0.494 e. The Labute approximate surface area is 143 Å². The highest BCUT2D eigenvalue weighted by molar-refractivity contribution is 5.83. The van der Waals surface area contributed by atoms with Crippen molar-refractivity contribution in [2.45, 2.75) is 19.3 Å². The van der Waals surface area contributed by atoms with Crippen LogP contribution < -0.4 is 15.2 Å². The summed E-state index contributed by atoms with van der Waals surface area (Å²) < 4.78 is 11.5. The third-order valence-electron chi connectivity index (χ3n) is 3.93. The first-order chi connectivity index (χ1) is 11.8. The highest BCUT2D eigenvalue weighted by Gasteiger charge is 1.98. The maximum Gasteiger partial charge on any atom is 0.119 e. The molecule has 0 amide bonds. The molecule has 0 saturated heterocycles. The predicted molar refractivity (Wildman–Crippen MR) is 99.6 cm³/mol. The van der Waals surface area contributed by atoms with Gasteiger partial charge >= 0.3 is 0 Å². The first-order valence-corrected chi connectivity index (χ1v) is 8.41. The third kappa shape index (κ3) is 4.66. The van der Waals surface area contributed by atoms with E-state index in [0.717, 1.165) is 49.7 Å². The topological polar surface area (TPSA) is 44.5 Å². The van der Waals surface area contributed by atoms with Crippen LogP contribution in [-0.2, 0) is 0 Å². The lowest BCUT2D eigenvalue weighted by Crippen LogP contribution is -2.01. The zero-order valence-electron chi connectivity index (χ0n) is 13.8. The van der Waals surface area contributed by atoms with Crippen molar-refractivity contribution in [1.29, 1.82) is 0 Å². The molecule has 0 atom stereocenters.